The van der Waals surface area contributed by atoms with Crippen molar-refractivity contribution < 1.29 is 19.4 Å². The molecule has 0 unspecified atom stereocenters. The Morgan fingerprint density at radius 3 is 2.51 bits per heavy atom. The molecule has 0 saturated carbocycles. The van der Waals surface area contributed by atoms with E-state index < -0.39 is 5.41 Å². The molecule has 7 nitrogen and oxygen atoms in total. The number of halogens is 1. The summed E-state index contributed by atoms with van der Waals surface area (Å²) in [6.07, 6.45) is 6.32. The summed E-state index contributed by atoms with van der Waals surface area (Å²) in [5, 5.41) is 10.2. The van der Waals surface area contributed by atoms with E-state index in [4.69, 9.17) is 16.3 Å². The van der Waals surface area contributed by atoms with Gasteiger partial charge in [0.05, 0.1) is 19.1 Å². The number of esters is 1. The first kappa shape index (κ1) is 26.8. The number of amides is 1. The maximum Gasteiger partial charge on any atom is 0.306 e. The highest BCUT2D eigenvalue weighted by Gasteiger charge is 2.27. The zero-order valence-electron chi connectivity index (χ0n) is 21.4. The Balaban J connectivity index is 1.57. The number of nitrogens with zero attached hydrogens (tertiary/aromatic N) is 3. The lowest BCUT2D eigenvalue weighted by Crippen LogP contribution is -2.40. The van der Waals surface area contributed by atoms with Crippen molar-refractivity contribution in [2.24, 2.45) is 0 Å². The quantitative estimate of drug-likeness (QED) is 0.424. The topological polar surface area (TPSA) is 92.6 Å². The minimum atomic E-state index is -0.495. The van der Waals surface area contributed by atoms with Gasteiger partial charge in [-0.3, -0.25) is 19.6 Å². The average Bonchev–Trinajstić information content (AvgIpc) is 2.88. The normalized spacial score (nSPS) is 14.5. The minimum absolute atomic E-state index is 0.0815. The number of pyridine rings is 2. The second-order valence-electron chi connectivity index (χ2n) is 9.98. The van der Waals surface area contributed by atoms with E-state index in [9.17, 15) is 14.7 Å². The molecule has 1 saturated heterocycles. The molecule has 3 heterocycles. The SMILES string of the molecule is CCOC(=O)CC(C)(C)c1cc(-c2cncc(-c3ccc(C(=O)N4CCC(O)CC4)cc3Cl)c2)ccn1. The van der Waals surface area contributed by atoms with Gasteiger partial charge in [-0.25, -0.2) is 0 Å². The Hall–Kier alpha value is -3.29. The molecule has 2 aromatic heterocycles. The van der Waals surface area contributed by atoms with E-state index in [1.165, 1.54) is 0 Å². The van der Waals surface area contributed by atoms with Crippen molar-refractivity contribution in [3.63, 3.8) is 0 Å². The minimum Gasteiger partial charge on any atom is -0.466 e. The summed E-state index contributed by atoms with van der Waals surface area (Å²) in [7, 11) is 0. The van der Waals surface area contributed by atoms with Crippen molar-refractivity contribution in [2.45, 2.75) is 51.6 Å². The van der Waals surface area contributed by atoms with E-state index in [-0.39, 0.29) is 24.4 Å². The molecule has 1 fully saturated rings. The van der Waals surface area contributed by atoms with E-state index in [1.807, 2.05) is 38.1 Å². The monoisotopic (exact) mass is 521 g/mol. The van der Waals surface area contributed by atoms with Gasteiger partial charge in [0.15, 0.2) is 0 Å². The van der Waals surface area contributed by atoms with Crippen LogP contribution in [-0.4, -0.2) is 57.7 Å². The number of hydrogen-bond acceptors (Lipinski definition) is 6. The van der Waals surface area contributed by atoms with E-state index in [2.05, 4.69) is 9.97 Å². The van der Waals surface area contributed by atoms with Crippen LogP contribution in [0.15, 0.2) is 55.0 Å². The molecule has 4 rings (SSSR count). The Bertz CT molecular complexity index is 1290. The molecule has 0 aliphatic carbocycles. The van der Waals surface area contributed by atoms with Crippen molar-refractivity contribution in [3.8, 4) is 22.3 Å². The van der Waals surface area contributed by atoms with Crippen LogP contribution in [0, 0.1) is 0 Å². The van der Waals surface area contributed by atoms with Crippen LogP contribution in [0.5, 0.6) is 0 Å². The molecule has 3 aromatic rings. The third-order valence-electron chi connectivity index (χ3n) is 6.70. The Kier molecular flexibility index (Phi) is 8.25. The standard InChI is InChI=1S/C29H32ClN3O4/c1-4-37-27(35)16-29(2,3)26-15-19(7-10-32-26)21-13-22(18-31-17-21)24-6-5-20(14-25(24)30)28(36)33-11-8-23(34)9-12-33/h5-7,10,13-15,17-18,23,34H,4,8-9,11-12,16H2,1-3H3. The second-order valence-corrected chi connectivity index (χ2v) is 10.4. The van der Waals surface area contributed by atoms with Gasteiger partial charge in [-0.1, -0.05) is 31.5 Å². The fourth-order valence-corrected chi connectivity index (χ4v) is 4.81. The van der Waals surface area contributed by atoms with Crippen molar-refractivity contribution in [1.29, 1.82) is 0 Å². The number of carbonyl (C=O) groups excluding carboxylic acids is 2. The third kappa shape index (κ3) is 6.35. The molecule has 0 atom stereocenters. The number of benzene rings is 1. The number of piperidine rings is 1. The molecule has 0 radical (unpaired) electrons. The Morgan fingerprint density at radius 2 is 1.81 bits per heavy atom. The van der Waals surface area contributed by atoms with Crippen LogP contribution in [0.2, 0.25) is 5.02 Å². The molecule has 0 bridgehead atoms. The van der Waals surface area contributed by atoms with Crippen LogP contribution in [0.1, 0.15) is 56.1 Å². The highest BCUT2D eigenvalue weighted by Crippen LogP contribution is 2.33. The van der Waals surface area contributed by atoms with Crippen molar-refractivity contribution in [3.05, 3.63) is 71.3 Å². The first-order chi connectivity index (χ1) is 17.7. The average molecular weight is 522 g/mol. The fourth-order valence-electron chi connectivity index (χ4n) is 4.52. The summed E-state index contributed by atoms with van der Waals surface area (Å²) in [5.74, 6) is -0.334. The third-order valence-corrected chi connectivity index (χ3v) is 7.01. The summed E-state index contributed by atoms with van der Waals surface area (Å²) < 4.78 is 5.13. The number of ether oxygens (including phenoxy) is 1. The van der Waals surface area contributed by atoms with Gasteiger partial charge in [0, 0.05) is 70.1 Å². The predicted octanol–water partition coefficient (Wildman–Crippen LogP) is 5.29. The van der Waals surface area contributed by atoms with Crippen LogP contribution >= 0.6 is 11.6 Å². The van der Waals surface area contributed by atoms with Crippen LogP contribution in [0.25, 0.3) is 22.3 Å². The summed E-state index contributed by atoms with van der Waals surface area (Å²) in [5.41, 5.74) is 4.23. The lowest BCUT2D eigenvalue weighted by Gasteiger charge is -2.29. The predicted molar refractivity (Wildman–Crippen MR) is 143 cm³/mol. The Labute approximate surface area is 222 Å². The number of carbonyl (C=O) groups is 2. The number of hydrogen-bond donors (Lipinski definition) is 1. The number of likely N-dealkylation sites (tertiary alicyclic amines) is 1. The molecule has 8 heteroatoms. The van der Waals surface area contributed by atoms with Gasteiger partial charge < -0.3 is 14.7 Å². The molecular formula is C29H32ClN3O4. The highest BCUT2D eigenvalue weighted by molar-refractivity contribution is 6.33. The maximum atomic E-state index is 12.9. The van der Waals surface area contributed by atoms with Crippen LogP contribution < -0.4 is 0 Å². The summed E-state index contributed by atoms with van der Waals surface area (Å²) in [6.45, 7) is 7.16. The Morgan fingerprint density at radius 1 is 1.08 bits per heavy atom. The van der Waals surface area contributed by atoms with Crippen LogP contribution in [0.4, 0.5) is 0 Å². The second kappa shape index (κ2) is 11.4. The first-order valence-electron chi connectivity index (χ1n) is 12.5. The van der Waals surface area contributed by atoms with E-state index >= 15 is 0 Å². The van der Waals surface area contributed by atoms with Crippen LogP contribution in [0.3, 0.4) is 0 Å². The van der Waals surface area contributed by atoms with Gasteiger partial charge in [-0.2, -0.15) is 0 Å². The fraction of sp³-hybridized carbons (Fsp3) is 0.379. The first-order valence-corrected chi connectivity index (χ1v) is 12.9. The van der Waals surface area contributed by atoms with Crippen molar-refractivity contribution >= 4 is 23.5 Å². The van der Waals surface area contributed by atoms with Gasteiger partial charge in [0.1, 0.15) is 0 Å². The van der Waals surface area contributed by atoms with Gasteiger partial charge in [0.2, 0.25) is 0 Å². The molecule has 1 N–H and O–H groups in total. The smallest absolute Gasteiger partial charge is 0.306 e. The van der Waals surface area contributed by atoms with E-state index in [1.54, 1.807) is 42.5 Å². The van der Waals surface area contributed by atoms with Crippen molar-refractivity contribution in [2.75, 3.05) is 19.7 Å². The molecule has 37 heavy (non-hydrogen) atoms. The van der Waals surface area contributed by atoms with Gasteiger partial charge in [-0.15, -0.1) is 0 Å². The number of aliphatic hydroxyl groups excluding tert-OH is 1. The van der Waals surface area contributed by atoms with Gasteiger partial charge in [0.25, 0.3) is 5.91 Å². The molecule has 0 spiro atoms. The molecule has 1 amide bonds. The summed E-state index contributed by atoms with van der Waals surface area (Å²) in [4.78, 5) is 35.7. The van der Waals surface area contributed by atoms with E-state index in [0.717, 1.165) is 27.9 Å². The molecule has 1 aliphatic heterocycles. The summed E-state index contributed by atoms with van der Waals surface area (Å²) >= 11 is 6.64. The molecule has 1 aliphatic rings. The molecular weight excluding hydrogens is 490 g/mol. The number of rotatable bonds is 7. The highest BCUT2D eigenvalue weighted by atomic mass is 35.5. The molecule has 194 valence electrons. The summed E-state index contributed by atoms with van der Waals surface area (Å²) in [6, 6.07) is 11.2. The zero-order valence-corrected chi connectivity index (χ0v) is 22.2. The van der Waals surface area contributed by atoms with Crippen molar-refractivity contribution in [1.82, 2.24) is 14.9 Å². The number of aliphatic hydroxyl groups is 1. The lowest BCUT2D eigenvalue weighted by atomic mass is 9.84. The van der Waals surface area contributed by atoms with Gasteiger partial charge in [-0.05, 0) is 55.7 Å². The number of aromatic nitrogens is 2. The largest absolute Gasteiger partial charge is 0.466 e. The lowest BCUT2D eigenvalue weighted by molar-refractivity contribution is -0.144. The van der Waals surface area contributed by atoms with E-state index in [0.29, 0.717) is 43.1 Å². The zero-order chi connectivity index (χ0) is 26.6. The molecule has 1 aromatic carbocycles. The maximum absolute atomic E-state index is 12.9. The van der Waals surface area contributed by atoms with Crippen LogP contribution in [-0.2, 0) is 14.9 Å². The van der Waals surface area contributed by atoms with Gasteiger partial charge >= 0.3 is 5.97 Å².